The molecule has 0 aromatic carbocycles. The first kappa shape index (κ1) is 37.2. The number of hydrogen-bond donors (Lipinski definition) is 3. The highest BCUT2D eigenvalue weighted by Gasteiger charge is 2.25. The summed E-state index contributed by atoms with van der Waals surface area (Å²) < 4.78 is 21.6. The van der Waals surface area contributed by atoms with Gasteiger partial charge < -0.3 is 34.0 Å². The Kier molecular flexibility index (Phi) is 11.7. The molecule has 3 aromatic heterocycles. The molecule has 3 aromatic rings. The first-order valence-corrected chi connectivity index (χ1v) is 18.2. The van der Waals surface area contributed by atoms with Crippen molar-refractivity contribution in [2.24, 2.45) is 0 Å². The van der Waals surface area contributed by atoms with Gasteiger partial charge in [0.25, 0.3) is 0 Å². The van der Waals surface area contributed by atoms with E-state index in [1.165, 1.54) is 14.2 Å². The zero-order chi connectivity index (χ0) is 36.9. The Morgan fingerprint density at radius 2 is 1.50 bits per heavy atom. The fraction of sp³-hybridized carbons (Fsp3) is 0.463. The molecule has 11 heteroatoms. The Balaban J connectivity index is 1.50. The molecule has 8 bridgehead atoms. The molecule has 3 aliphatic rings. The van der Waals surface area contributed by atoms with Crippen molar-refractivity contribution in [1.29, 1.82) is 0 Å². The smallest absolute Gasteiger partial charge is 0.305 e. The number of allylic oxidation sites excluding steroid dienone is 2. The number of carbonyl (C=O) groups excluding carboxylic acids is 2. The summed E-state index contributed by atoms with van der Waals surface area (Å²) in [6.45, 7) is 9.34. The maximum Gasteiger partial charge on any atom is 0.305 e. The van der Waals surface area contributed by atoms with E-state index in [4.69, 9.17) is 28.9 Å². The van der Waals surface area contributed by atoms with Gasteiger partial charge in [-0.25, -0.2) is 9.97 Å². The highest BCUT2D eigenvalue weighted by molar-refractivity contribution is 5.95. The minimum Gasteiger partial charge on any atom is -0.469 e. The summed E-state index contributed by atoms with van der Waals surface area (Å²) in [5.41, 5.74) is 13.0. The van der Waals surface area contributed by atoms with E-state index in [1.807, 2.05) is 52.0 Å². The summed E-state index contributed by atoms with van der Waals surface area (Å²) in [5, 5.41) is 11.7. The Morgan fingerprint density at radius 3 is 2.12 bits per heavy atom. The number of aliphatic hydroxyl groups is 1. The molecule has 52 heavy (non-hydrogen) atoms. The number of esters is 2. The van der Waals surface area contributed by atoms with E-state index >= 15 is 0 Å². The summed E-state index contributed by atoms with van der Waals surface area (Å²) in [6.07, 6.45) is 6.79. The van der Waals surface area contributed by atoms with Crippen LogP contribution >= 0.6 is 0 Å². The van der Waals surface area contributed by atoms with Crippen LogP contribution in [0.25, 0.3) is 44.9 Å². The van der Waals surface area contributed by atoms with Gasteiger partial charge in [0.2, 0.25) is 0 Å². The fourth-order valence-electron chi connectivity index (χ4n) is 7.28. The summed E-state index contributed by atoms with van der Waals surface area (Å²) in [5.74, 6) is -0.568. The molecular formula is C41H50N4O7. The maximum absolute atomic E-state index is 12.3. The molecule has 6 heterocycles. The molecule has 1 fully saturated rings. The lowest BCUT2D eigenvalue weighted by Crippen LogP contribution is -2.23. The highest BCUT2D eigenvalue weighted by Crippen LogP contribution is 2.36. The van der Waals surface area contributed by atoms with Gasteiger partial charge >= 0.3 is 11.9 Å². The monoisotopic (exact) mass is 710 g/mol. The predicted molar refractivity (Wildman–Crippen MR) is 202 cm³/mol. The summed E-state index contributed by atoms with van der Waals surface area (Å²) in [7, 11) is 2.79. The molecule has 0 radical (unpaired) electrons. The maximum atomic E-state index is 12.3. The number of rotatable bonds is 12. The molecule has 0 saturated carbocycles. The number of aryl methyl sites for hydroxylation is 4. The van der Waals surface area contributed by atoms with Crippen LogP contribution in [0.3, 0.4) is 0 Å². The van der Waals surface area contributed by atoms with Crippen molar-refractivity contribution in [2.45, 2.75) is 97.9 Å². The van der Waals surface area contributed by atoms with Crippen LogP contribution in [0.5, 0.6) is 0 Å². The number of fused-ring (bicyclic) bond motifs is 8. The average Bonchev–Trinajstić information content (AvgIpc) is 3.82. The molecule has 0 aliphatic carbocycles. The number of methoxy groups -OCH3 is 2. The number of aromatic nitrogens is 4. The second-order valence-electron chi connectivity index (χ2n) is 13.8. The van der Waals surface area contributed by atoms with Crippen molar-refractivity contribution in [3.05, 3.63) is 69.3 Å². The van der Waals surface area contributed by atoms with Crippen LogP contribution in [0.15, 0.2) is 24.3 Å². The summed E-state index contributed by atoms with van der Waals surface area (Å²) in [6, 6.07) is 8.05. The van der Waals surface area contributed by atoms with Crippen LogP contribution in [-0.4, -0.2) is 76.8 Å². The van der Waals surface area contributed by atoms with E-state index < -0.39 is 6.10 Å². The predicted octanol–water partition coefficient (Wildman–Crippen LogP) is 7.32. The number of nitrogens with one attached hydrogen (secondary N) is 2. The molecule has 11 nitrogen and oxygen atoms in total. The van der Waals surface area contributed by atoms with E-state index in [1.54, 1.807) is 0 Å². The van der Waals surface area contributed by atoms with E-state index in [9.17, 15) is 14.7 Å². The number of aliphatic hydroxyl groups excluding tert-OH is 1. The first-order chi connectivity index (χ1) is 25.1. The topological polar surface area (TPSA) is 149 Å². The number of H-pyrrole nitrogens is 2. The van der Waals surface area contributed by atoms with E-state index in [0.29, 0.717) is 38.0 Å². The molecule has 3 N–H and O–H groups in total. The quantitative estimate of drug-likeness (QED) is 0.130. The Labute approximate surface area is 304 Å². The van der Waals surface area contributed by atoms with Gasteiger partial charge in [0.1, 0.15) is 0 Å². The molecule has 0 amide bonds. The van der Waals surface area contributed by atoms with Gasteiger partial charge in [0, 0.05) is 53.7 Å². The Hall–Kier alpha value is -4.58. The number of ether oxygens (including phenoxy) is 4. The van der Waals surface area contributed by atoms with Gasteiger partial charge in [-0.2, -0.15) is 0 Å². The van der Waals surface area contributed by atoms with Crippen LogP contribution in [0.2, 0.25) is 0 Å². The molecular weight excluding hydrogens is 660 g/mol. The van der Waals surface area contributed by atoms with Gasteiger partial charge in [-0.05, 0) is 136 Å². The van der Waals surface area contributed by atoms with E-state index in [0.717, 1.165) is 104 Å². The van der Waals surface area contributed by atoms with Crippen LogP contribution in [0.4, 0.5) is 0 Å². The average molecular weight is 711 g/mol. The van der Waals surface area contributed by atoms with Gasteiger partial charge in [-0.1, -0.05) is 0 Å². The first-order valence-electron chi connectivity index (χ1n) is 18.2. The lowest BCUT2D eigenvalue weighted by atomic mass is 9.97. The summed E-state index contributed by atoms with van der Waals surface area (Å²) in [4.78, 5) is 41.8. The summed E-state index contributed by atoms with van der Waals surface area (Å²) >= 11 is 0. The third-order valence-corrected chi connectivity index (χ3v) is 10.4. The van der Waals surface area contributed by atoms with E-state index in [2.05, 4.69) is 16.0 Å². The third kappa shape index (κ3) is 8.22. The Bertz CT molecular complexity index is 2070. The molecule has 1 saturated heterocycles. The lowest BCUT2D eigenvalue weighted by molar-refractivity contribution is -0.163. The molecule has 276 valence electrons. The minimum atomic E-state index is -0.757. The van der Waals surface area contributed by atoms with Crippen molar-refractivity contribution in [3.63, 3.8) is 0 Å². The SMILES string of the molecule is COC(=O)CCc1c(C)c2cc3nc(cc4nc(cc5[nH]c(cc1[nH]2)c(CCC(=O)OC)c5C)C(C)=C4[C@@H](O)CCCOC1CCCCO1)C(C)=C3. The Morgan fingerprint density at radius 1 is 0.846 bits per heavy atom. The molecule has 0 spiro atoms. The van der Waals surface area contributed by atoms with Crippen molar-refractivity contribution in [3.8, 4) is 0 Å². The van der Waals surface area contributed by atoms with Gasteiger partial charge in [-0.3, -0.25) is 9.59 Å². The second-order valence-corrected chi connectivity index (χ2v) is 13.8. The van der Waals surface area contributed by atoms with Crippen molar-refractivity contribution < 1.29 is 33.6 Å². The largest absolute Gasteiger partial charge is 0.469 e. The van der Waals surface area contributed by atoms with E-state index in [-0.39, 0.29) is 31.1 Å². The van der Waals surface area contributed by atoms with Crippen LogP contribution in [0.1, 0.15) is 104 Å². The second kappa shape index (κ2) is 16.4. The van der Waals surface area contributed by atoms with Crippen LogP contribution in [-0.2, 0) is 41.4 Å². The number of nitrogens with zero attached hydrogens (tertiary/aromatic N) is 2. The normalized spacial score (nSPS) is 16.5. The van der Waals surface area contributed by atoms with Gasteiger partial charge in [0.05, 0.1) is 43.1 Å². The van der Waals surface area contributed by atoms with Crippen LogP contribution in [0, 0.1) is 13.8 Å². The minimum absolute atomic E-state index is 0.164. The van der Waals surface area contributed by atoms with Crippen molar-refractivity contribution in [1.82, 2.24) is 19.9 Å². The zero-order valence-corrected chi connectivity index (χ0v) is 31.1. The molecule has 2 atom stereocenters. The highest BCUT2D eigenvalue weighted by atomic mass is 16.7. The third-order valence-electron chi connectivity index (χ3n) is 10.4. The number of hydrogen-bond acceptors (Lipinski definition) is 9. The van der Waals surface area contributed by atoms with Crippen LogP contribution < -0.4 is 0 Å². The number of carbonyl (C=O) groups is 2. The number of aromatic amines is 2. The molecule has 1 unspecified atom stereocenters. The van der Waals surface area contributed by atoms with Crippen molar-refractivity contribution >= 4 is 56.8 Å². The zero-order valence-electron chi connectivity index (χ0n) is 31.1. The molecule has 6 rings (SSSR count). The van der Waals surface area contributed by atoms with Crippen molar-refractivity contribution in [2.75, 3.05) is 27.4 Å². The fourth-order valence-corrected chi connectivity index (χ4v) is 7.28. The van der Waals surface area contributed by atoms with Gasteiger partial charge in [-0.15, -0.1) is 0 Å². The lowest BCUT2D eigenvalue weighted by Gasteiger charge is -2.23. The standard InChI is InChI=1S/C41H50N4O7/c1-23-18-27-19-31-24(2)28(12-14-38(47)49-5)34(43-31)22-35-29(13-15-39(48)50-6)25(3)32(44-35)21-33-26(4)41(36(45-33)20-30(23)42-27)37(46)10-9-17-52-40-11-7-8-16-51-40/h18-22,37,40,43-44,46H,7-17H2,1-6H3/t37-,40?/m0/s1. The van der Waals surface area contributed by atoms with Gasteiger partial charge in [0.15, 0.2) is 6.29 Å². The molecule has 3 aliphatic heterocycles.